The predicted molar refractivity (Wildman–Crippen MR) is 83.8 cm³/mol. The molecule has 2 aromatic rings. The van der Waals surface area contributed by atoms with Crippen LogP contribution in [0.25, 0.3) is 0 Å². The lowest BCUT2D eigenvalue weighted by Gasteiger charge is -2.10. The molecule has 0 aliphatic carbocycles. The molecule has 3 nitrogen and oxygen atoms in total. The molecule has 2 rings (SSSR count). The van der Waals surface area contributed by atoms with Gasteiger partial charge in [0.1, 0.15) is 6.10 Å². The molecule has 5 heteroatoms. The smallest absolute Gasteiger partial charge is 0.181 e. The first-order valence-electron chi connectivity index (χ1n) is 6.37. The Morgan fingerprint density at radius 2 is 1.57 bits per heavy atom. The van der Waals surface area contributed by atoms with Gasteiger partial charge in [0.2, 0.25) is 0 Å². The fourth-order valence-corrected chi connectivity index (χ4v) is 3.28. The lowest BCUT2D eigenvalue weighted by atomic mass is 10.1. The average Bonchev–Trinajstić information content (AvgIpc) is 2.53. The highest BCUT2D eigenvalue weighted by Gasteiger charge is 2.15. The van der Waals surface area contributed by atoms with Crippen molar-refractivity contribution in [3.8, 4) is 0 Å². The zero-order valence-electron chi connectivity index (χ0n) is 11.2. The number of hydrogen-bond acceptors (Lipinski definition) is 3. The zero-order valence-corrected chi connectivity index (χ0v) is 12.8. The minimum atomic E-state index is -3.44. The predicted octanol–water partition coefficient (Wildman–Crippen LogP) is 3.32. The van der Waals surface area contributed by atoms with Crippen molar-refractivity contribution in [3.05, 3.63) is 77.3 Å². The molecule has 0 radical (unpaired) electrons. The van der Waals surface area contributed by atoms with E-state index in [0.717, 1.165) is 0 Å². The van der Waals surface area contributed by atoms with Gasteiger partial charge in [0.05, 0.1) is 10.6 Å². The highest BCUT2D eigenvalue weighted by atomic mass is 35.5. The van der Waals surface area contributed by atoms with Gasteiger partial charge in [-0.15, -0.1) is 0 Å². The summed E-state index contributed by atoms with van der Waals surface area (Å²) in [5, 5.41) is 10.2. The molecule has 110 valence electrons. The van der Waals surface area contributed by atoms with Crippen LogP contribution in [0.3, 0.4) is 0 Å². The fraction of sp³-hybridized carbons (Fsp3) is 0.125. The van der Waals surface area contributed by atoms with Crippen LogP contribution in [-0.2, 0) is 9.84 Å². The third-order valence-corrected chi connectivity index (χ3v) is 4.93. The molecule has 0 saturated carbocycles. The van der Waals surface area contributed by atoms with Crippen LogP contribution >= 0.6 is 11.6 Å². The van der Waals surface area contributed by atoms with Crippen LogP contribution in [0.4, 0.5) is 0 Å². The van der Waals surface area contributed by atoms with E-state index in [2.05, 4.69) is 0 Å². The minimum Gasteiger partial charge on any atom is -0.383 e. The summed E-state index contributed by atoms with van der Waals surface area (Å²) in [7, 11) is -3.44. The number of halogens is 1. The van der Waals surface area contributed by atoms with E-state index in [1.165, 1.54) is 18.2 Å². The molecule has 0 spiro atoms. The van der Waals surface area contributed by atoms with Gasteiger partial charge in [-0.3, -0.25) is 0 Å². The van der Waals surface area contributed by atoms with Crippen molar-refractivity contribution in [1.82, 2.24) is 0 Å². The molecule has 1 unspecified atom stereocenters. The van der Waals surface area contributed by atoms with Crippen LogP contribution in [-0.4, -0.2) is 19.3 Å². The summed E-state index contributed by atoms with van der Waals surface area (Å²) in [6.45, 7) is 0. The summed E-state index contributed by atoms with van der Waals surface area (Å²) in [6, 6.07) is 17.0. The lowest BCUT2D eigenvalue weighted by Crippen LogP contribution is -2.06. The first kappa shape index (κ1) is 15.8. The van der Waals surface area contributed by atoms with Crippen LogP contribution in [0.15, 0.2) is 76.7 Å². The summed E-state index contributed by atoms with van der Waals surface area (Å²) >= 11 is 6.01. The largest absolute Gasteiger partial charge is 0.383 e. The van der Waals surface area contributed by atoms with Gasteiger partial charge >= 0.3 is 0 Å². The van der Waals surface area contributed by atoms with Crippen molar-refractivity contribution in [3.63, 3.8) is 0 Å². The second-order valence-corrected chi connectivity index (χ2v) is 6.97. The van der Waals surface area contributed by atoms with Crippen molar-refractivity contribution < 1.29 is 13.5 Å². The summed E-state index contributed by atoms with van der Waals surface area (Å²) in [4.78, 5) is 0.236. The Hall–Kier alpha value is -1.62. The van der Waals surface area contributed by atoms with Crippen LogP contribution < -0.4 is 0 Å². The Labute approximate surface area is 129 Å². The lowest BCUT2D eigenvalue weighted by molar-refractivity contribution is 0.224. The maximum Gasteiger partial charge on any atom is 0.181 e. The van der Waals surface area contributed by atoms with Gasteiger partial charge < -0.3 is 5.11 Å². The van der Waals surface area contributed by atoms with Gasteiger partial charge in [0, 0.05) is 5.03 Å². The number of rotatable bonds is 5. The molecule has 0 heterocycles. The first-order chi connectivity index (χ1) is 10.0. The minimum absolute atomic E-state index is 0.0979. The summed E-state index contributed by atoms with van der Waals surface area (Å²) < 4.78 is 24.2. The van der Waals surface area contributed by atoms with E-state index in [1.807, 2.05) is 6.07 Å². The maximum absolute atomic E-state index is 12.1. The molecule has 21 heavy (non-hydrogen) atoms. The number of benzene rings is 2. The molecular formula is C16H15ClO3S. The van der Waals surface area contributed by atoms with Crippen LogP contribution in [0.5, 0.6) is 0 Å². The van der Waals surface area contributed by atoms with Crippen molar-refractivity contribution in [2.24, 2.45) is 0 Å². The standard InChI is InChI=1S/C16H15ClO3S/c17-15(16(18)13-7-3-1-4-8-13)11-12-21(19,20)14-9-5-2-6-10-14/h1-11,16,18H,12H2/b15-11-. The summed E-state index contributed by atoms with van der Waals surface area (Å²) in [5.74, 6) is -0.250. The number of aliphatic hydroxyl groups is 1. The Kier molecular flexibility index (Phi) is 5.17. The SMILES string of the molecule is O=S(=O)(C/C=C(\Cl)C(O)c1ccccc1)c1ccccc1. The van der Waals surface area contributed by atoms with Crippen molar-refractivity contribution in [2.75, 3.05) is 5.75 Å². The summed E-state index contributed by atoms with van der Waals surface area (Å²) in [5.41, 5.74) is 0.621. The Morgan fingerprint density at radius 3 is 2.14 bits per heavy atom. The molecule has 0 amide bonds. The summed E-state index contributed by atoms with van der Waals surface area (Å²) in [6.07, 6.45) is 0.320. The second-order valence-electron chi connectivity index (χ2n) is 4.50. The van der Waals surface area contributed by atoms with E-state index in [-0.39, 0.29) is 15.7 Å². The molecular weight excluding hydrogens is 308 g/mol. The zero-order chi connectivity index (χ0) is 15.3. The van der Waals surface area contributed by atoms with Gasteiger partial charge in [-0.05, 0) is 17.7 Å². The number of hydrogen-bond donors (Lipinski definition) is 1. The monoisotopic (exact) mass is 322 g/mol. The molecule has 0 aliphatic rings. The molecule has 0 fully saturated rings. The van der Waals surface area contributed by atoms with Gasteiger partial charge in [-0.1, -0.05) is 66.2 Å². The first-order valence-corrected chi connectivity index (χ1v) is 8.40. The third kappa shape index (κ3) is 4.17. The second kappa shape index (κ2) is 6.89. The van der Waals surface area contributed by atoms with E-state index in [1.54, 1.807) is 42.5 Å². The van der Waals surface area contributed by atoms with Crippen LogP contribution in [0, 0.1) is 0 Å². The van der Waals surface area contributed by atoms with E-state index >= 15 is 0 Å². The van der Waals surface area contributed by atoms with Crippen LogP contribution in [0.2, 0.25) is 0 Å². The molecule has 0 bridgehead atoms. The van der Waals surface area contributed by atoms with Crippen LogP contribution in [0.1, 0.15) is 11.7 Å². The third-order valence-electron chi connectivity index (χ3n) is 2.98. The Morgan fingerprint density at radius 1 is 1.05 bits per heavy atom. The Balaban J connectivity index is 2.14. The highest BCUT2D eigenvalue weighted by Crippen LogP contribution is 2.24. The maximum atomic E-state index is 12.1. The van der Waals surface area contributed by atoms with Crippen molar-refractivity contribution in [1.29, 1.82) is 0 Å². The Bertz CT molecular complexity index is 710. The van der Waals surface area contributed by atoms with Gasteiger partial charge in [-0.25, -0.2) is 8.42 Å². The van der Waals surface area contributed by atoms with E-state index in [0.29, 0.717) is 5.56 Å². The quantitative estimate of drug-likeness (QED) is 0.918. The molecule has 2 aromatic carbocycles. The normalized spacial score (nSPS) is 13.9. The van der Waals surface area contributed by atoms with E-state index < -0.39 is 15.9 Å². The molecule has 1 N–H and O–H groups in total. The number of aliphatic hydroxyl groups excluding tert-OH is 1. The number of sulfone groups is 1. The van der Waals surface area contributed by atoms with Gasteiger partial charge in [-0.2, -0.15) is 0 Å². The molecule has 1 atom stereocenters. The topological polar surface area (TPSA) is 54.4 Å². The molecule has 0 saturated heterocycles. The molecule has 0 aromatic heterocycles. The molecule has 0 aliphatic heterocycles. The van der Waals surface area contributed by atoms with Crippen molar-refractivity contribution in [2.45, 2.75) is 11.0 Å². The van der Waals surface area contributed by atoms with E-state index in [9.17, 15) is 13.5 Å². The highest BCUT2D eigenvalue weighted by molar-refractivity contribution is 7.91. The average molecular weight is 323 g/mol. The fourth-order valence-electron chi connectivity index (χ4n) is 1.82. The van der Waals surface area contributed by atoms with Gasteiger partial charge in [0.25, 0.3) is 0 Å². The van der Waals surface area contributed by atoms with Crippen molar-refractivity contribution >= 4 is 21.4 Å². The van der Waals surface area contributed by atoms with Gasteiger partial charge in [0.15, 0.2) is 9.84 Å². The van der Waals surface area contributed by atoms with E-state index in [4.69, 9.17) is 11.6 Å².